The van der Waals surface area contributed by atoms with Gasteiger partial charge < -0.3 is 5.32 Å². The molecule has 1 aromatic carbocycles. The molecule has 1 fully saturated rings. The molecule has 0 radical (unpaired) electrons. The number of rotatable bonds is 3. The number of hydrogen-bond acceptors (Lipinski definition) is 2. The van der Waals surface area contributed by atoms with Gasteiger partial charge in [-0.2, -0.15) is 0 Å². The van der Waals surface area contributed by atoms with Gasteiger partial charge >= 0.3 is 0 Å². The Labute approximate surface area is 115 Å². The van der Waals surface area contributed by atoms with E-state index in [-0.39, 0.29) is 18.3 Å². The number of nitrogens with zero attached hydrogens (tertiary/aromatic N) is 1. The van der Waals surface area contributed by atoms with Crippen LogP contribution in [0.15, 0.2) is 18.2 Å². The van der Waals surface area contributed by atoms with Gasteiger partial charge in [-0.25, -0.2) is 0 Å². The molecular weight excluding hydrogens is 248 g/mol. The summed E-state index contributed by atoms with van der Waals surface area (Å²) in [5.41, 5.74) is 3.22. The predicted octanol–water partition coefficient (Wildman–Crippen LogP) is 2.76. The second-order valence-corrected chi connectivity index (χ2v) is 4.80. The number of hydrogen-bond donors (Lipinski definition) is 1. The molecule has 4 heteroatoms. The maximum absolute atomic E-state index is 11.9. The third-order valence-corrected chi connectivity index (χ3v) is 3.31. The Bertz CT molecular complexity index is 394. The maximum Gasteiger partial charge on any atom is 0.238 e. The van der Waals surface area contributed by atoms with E-state index >= 15 is 0 Å². The zero-order chi connectivity index (χ0) is 12.3. The molecule has 100 valence electrons. The zero-order valence-corrected chi connectivity index (χ0v) is 11.8. The molecule has 3 nitrogen and oxygen atoms in total. The van der Waals surface area contributed by atoms with Crippen molar-refractivity contribution in [2.24, 2.45) is 0 Å². The molecule has 1 N–H and O–H groups in total. The Hall–Kier alpha value is -1.06. The third-order valence-electron chi connectivity index (χ3n) is 3.31. The third kappa shape index (κ3) is 3.72. The van der Waals surface area contributed by atoms with Crippen molar-refractivity contribution in [1.82, 2.24) is 4.90 Å². The van der Waals surface area contributed by atoms with Gasteiger partial charge in [-0.15, -0.1) is 12.4 Å². The van der Waals surface area contributed by atoms with Crippen LogP contribution in [0.3, 0.4) is 0 Å². The molecule has 1 aromatic rings. The Kier molecular flexibility index (Phi) is 5.63. The molecule has 0 aliphatic carbocycles. The van der Waals surface area contributed by atoms with E-state index in [1.54, 1.807) is 0 Å². The first-order valence-electron chi connectivity index (χ1n) is 6.25. The van der Waals surface area contributed by atoms with E-state index in [0.717, 1.165) is 29.9 Å². The van der Waals surface area contributed by atoms with E-state index in [0.29, 0.717) is 6.54 Å². The fourth-order valence-corrected chi connectivity index (χ4v) is 2.33. The average molecular weight is 269 g/mol. The van der Waals surface area contributed by atoms with Crippen LogP contribution in [0.5, 0.6) is 0 Å². The quantitative estimate of drug-likeness (QED) is 0.914. The number of carbonyl (C=O) groups is 1. The standard InChI is InChI=1S/C14H20N2O.ClH/c1-11-6-5-7-12(2)14(11)15-13(17)10-16-8-3-4-9-16;/h5-7H,3-4,8-10H2,1-2H3,(H,15,17);1H. The second kappa shape index (κ2) is 6.76. The molecule has 0 saturated carbocycles. The predicted molar refractivity (Wildman–Crippen MR) is 77.5 cm³/mol. The minimum absolute atomic E-state index is 0. The van der Waals surface area contributed by atoms with E-state index in [4.69, 9.17) is 0 Å². The van der Waals surface area contributed by atoms with Gasteiger partial charge in [0.2, 0.25) is 5.91 Å². The van der Waals surface area contributed by atoms with Crippen molar-refractivity contribution in [3.63, 3.8) is 0 Å². The van der Waals surface area contributed by atoms with E-state index in [1.807, 2.05) is 32.0 Å². The first-order valence-corrected chi connectivity index (χ1v) is 6.25. The molecule has 0 aromatic heterocycles. The van der Waals surface area contributed by atoms with Crippen molar-refractivity contribution >= 4 is 24.0 Å². The Balaban J connectivity index is 0.00000162. The van der Waals surface area contributed by atoms with Gasteiger partial charge in [0.05, 0.1) is 6.54 Å². The summed E-state index contributed by atoms with van der Waals surface area (Å²) < 4.78 is 0. The Morgan fingerprint density at radius 2 is 1.78 bits per heavy atom. The summed E-state index contributed by atoms with van der Waals surface area (Å²) in [7, 11) is 0. The smallest absolute Gasteiger partial charge is 0.238 e. The van der Waals surface area contributed by atoms with Gasteiger partial charge in [0, 0.05) is 5.69 Å². The number of aryl methyl sites for hydroxylation is 2. The molecule has 18 heavy (non-hydrogen) atoms. The minimum Gasteiger partial charge on any atom is -0.324 e. The normalized spacial score (nSPS) is 15.2. The topological polar surface area (TPSA) is 32.3 Å². The number of nitrogens with one attached hydrogen (secondary N) is 1. The molecule has 0 bridgehead atoms. The highest BCUT2D eigenvalue weighted by atomic mass is 35.5. The number of amides is 1. The van der Waals surface area contributed by atoms with Gasteiger partial charge in [0.15, 0.2) is 0 Å². The summed E-state index contributed by atoms with van der Waals surface area (Å²) in [6.07, 6.45) is 2.44. The zero-order valence-electron chi connectivity index (χ0n) is 11.0. The van der Waals surface area contributed by atoms with Crippen molar-refractivity contribution in [3.05, 3.63) is 29.3 Å². The second-order valence-electron chi connectivity index (χ2n) is 4.80. The number of para-hydroxylation sites is 1. The van der Waals surface area contributed by atoms with Crippen molar-refractivity contribution < 1.29 is 4.79 Å². The molecular formula is C14H21ClN2O. The highest BCUT2D eigenvalue weighted by molar-refractivity contribution is 5.93. The highest BCUT2D eigenvalue weighted by Crippen LogP contribution is 2.19. The number of carbonyl (C=O) groups excluding carboxylic acids is 1. The molecule has 0 spiro atoms. The average Bonchev–Trinajstić information content (AvgIpc) is 2.76. The van der Waals surface area contributed by atoms with Crippen LogP contribution >= 0.6 is 12.4 Å². The molecule has 1 amide bonds. The lowest BCUT2D eigenvalue weighted by atomic mass is 10.1. The molecule has 1 saturated heterocycles. The van der Waals surface area contributed by atoms with Crippen LogP contribution < -0.4 is 5.32 Å². The Morgan fingerprint density at radius 3 is 2.33 bits per heavy atom. The summed E-state index contributed by atoms with van der Waals surface area (Å²) >= 11 is 0. The number of halogens is 1. The monoisotopic (exact) mass is 268 g/mol. The van der Waals surface area contributed by atoms with Gasteiger partial charge in [-0.3, -0.25) is 9.69 Å². The van der Waals surface area contributed by atoms with Crippen LogP contribution in [0.2, 0.25) is 0 Å². The highest BCUT2D eigenvalue weighted by Gasteiger charge is 2.15. The molecule has 1 aliphatic rings. The summed E-state index contributed by atoms with van der Waals surface area (Å²) in [6.45, 7) is 6.69. The van der Waals surface area contributed by atoms with Crippen LogP contribution in [0.1, 0.15) is 24.0 Å². The van der Waals surface area contributed by atoms with Gasteiger partial charge in [-0.1, -0.05) is 18.2 Å². The largest absolute Gasteiger partial charge is 0.324 e. The lowest BCUT2D eigenvalue weighted by molar-refractivity contribution is -0.117. The molecule has 1 aliphatic heterocycles. The summed E-state index contributed by atoms with van der Waals surface area (Å²) in [5.74, 6) is 0.101. The van der Waals surface area contributed by atoms with Crippen LogP contribution in [-0.4, -0.2) is 30.4 Å². The van der Waals surface area contributed by atoms with E-state index in [9.17, 15) is 4.79 Å². The minimum atomic E-state index is 0. The van der Waals surface area contributed by atoms with Crippen molar-refractivity contribution in [2.75, 3.05) is 25.0 Å². The Morgan fingerprint density at radius 1 is 1.22 bits per heavy atom. The molecule has 1 heterocycles. The van der Waals surface area contributed by atoms with Crippen LogP contribution in [0.4, 0.5) is 5.69 Å². The van der Waals surface area contributed by atoms with Gasteiger partial charge in [0.1, 0.15) is 0 Å². The lowest BCUT2D eigenvalue weighted by Gasteiger charge is -2.16. The fourth-order valence-electron chi connectivity index (χ4n) is 2.33. The molecule has 0 unspecified atom stereocenters. The molecule has 2 rings (SSSR count). The van der Waals surface area contributed by atoms with Crippen molar-refractivity contribution in [1.29, 1.82) is 0 Å². The van der Waals surface area contributed by atoms with Gasteiger partial charge in [-0.05, 0) is 50.9 Å². The van der Waals surface area contributed by atoms with Crippen molar-refractivity contribution in [2.45, 2.75) is 26.7 Å². The van der Waals surface area contributed by atoms with E-state index < -0.39 is 0 Å². The van der Waals surface area contributed by atoms with Crippen LogP contribution in [0.25, 0.3) is 0 Å². The lowest BCUT2D eigenvalue weighted by Crippen LogP contribution is -2.31. The first kappa shape index (κ1) is 15.0. The summed E-state index contributed by atoms with van der Waals surface area (Å²) in [4.78, 5) is 14.1. The van der Waals surface area contributed by atoms with Crippen molar-refractivity contribution in [3.8, 4) is 0 Å². The summed E-state index contributed by atoms with van der Waals surface area (Å²) in [5, 5.41) is 3.02. The van der Waals surface area contributed by atoms with Crippen LogP contribution in [-0.2, 0) is 4.79 Å². The summed E-state index contributed by atoms with van der Waals surface area (Å²) in [6, 6.07) is 6.07. The number of benzene rings is 1. The van der Waals surface area contributed by atoms with Gasteiger partial charge in [0.25, 0.3) is 0 Å². The fraction of sp³-hybridized carbons (Fsp3) is 0.500. The number of anilines is 1. The maximum atomic E-state index is 11.9. The SMILES string of the molecule is Cc1cccc(C)c1NC(=O)CN1CCCC1.Cl. The van der Waals surface area contributed by atoms with E-state index in [1.165, 1.54) is 12.8 Å². The first-order chi connectivity index (χ1) is 8.16. The van der Waals surface area contributed by atoms with Crippen LogP contribution in [0, 0.1) is 13.8 Å². The molecule has 0 atom stereocenters. The number of likely N-dealkylation sites (tertiary alicyclic amines) is 1. The van der Waals surface area contributed by atoms with E-state index in [2.05, 4.69) is 10.2 Å².